The Kier molecular flexibility index (Phi) is 3.25. The smallest absolute Gasteiger partial charge is 0.233 e. The van der Waals surface area contributed by atoms with Crippen LogP contribution in [0.3, 0.4) is 0 Å². The minimum Gasteiger partial charge on any atom is -0.377 e. The number of carbonyl (C=O) groups is 2. The van der Waals surface area contributed by atoms with Gasteiger partial charge in [-0.1, -0.05) is 0 Å². The number of nitrogens with two attached hydrogens (primary N) is 1. The Balaban J connectivity index is 1.81. The second-order valence-electron chi connectivity index (χ2n) is 4.38. The lowest BCUT2D eigenvalue weighted by Crippen LogP contribution is -2.37. The van der Waals surface area contributed by atoms with E-state index in [0.717, 1.165) is 6.42 Å². The topological polar surface area (TPSA) is 72.6 Å². The zero-order valence-electron chi connectivity index (χ0n) is 9.52. The van der Waals surface area contributed by atoms with Crippen LogP contribution < -0.4 is 5.73 Å². The van der Waals surface area contributed by atoms with Crippen LogP contribution in [0, 0.1) is 11.8 Å². The SMILES string of the molecule is CCOC(CN)CCN1C(=O)C2CC2C1=O. The van der Waals surface area contributed by atoms with Crippen LogP contribution in [0.2, 0.25) is 0 Å². The van der Waals surface area contributed by atoms with E-state index in [0.29, 0.717) is 26.1 Å². The number of nitrogens with zero attached hydrogens (tertiary/aromatic N) is 1. The summed E-state index contributed by atoms with van der Waals surface area (Å²) in [4.78, 5) is 24.7. The van der Waals surface area contributed by atoms with E-state index >= 15 is 0 Å². The first-order valence-corrected chi connectivity index (χ1v) is 5.86. The van der Waals surface area contributed by atoms with Gasteiger partial charge in [-0.25, -0.2) is 0 Å². The van der Waals surface area contributed by atoms with Gasteiger partial charge in [0.25, 0.3) is 0 Å². The molecule has 2 aliphatic rings. The predicted molar refractivity (Wildman–Crippen MR) is 57.4 cm³/mol. The maximum absolute atomic E-state index is 11.6. The zero-order chi connectivity index (χ0) is 11.7. The van der Waals surface area contributed by atoms with Crippen LogP contribution in [0.5, 0.6) is 0 Å². The number of fused-ring (bicyclic) bond motifs is 1. The van der Waals surface area contributed by atoms with Crippen molar-refractivity contribution in [2.45, 2.75) is 25.9 Å². The number of ether oxygens (including phenoxy) is 1. The minimum atomic E-state index is -0.0532. The van der Waals surface area contributed by atoms with E-state index in [-0.39, 0.29) is 29.8 Å². The van der Waals surface area contributed by atoms with Gasteiger partial charge in [-0.2, -0.15) is 0 Å². The molecule has 3 unspecified atom stereocenters. The number of amides is 2. The van der Waals surface area contributed by atoms with E-state index in [1.807, 2.05) is 6.92 Å². The van der Waals surface area contributed by atoms with E-state index in [4.69, 9.17) is 10.5 Å². The molecule has 1 saturated heterocycles. The number of carbonyl (C=O) groups excluding carboxylic acids is 2. The number of imide groups is 1. The van der Waals surface area contributed by atoms with E-state index in [2.05, 4.69) is 0 Å². The van der Waals surface area contributed by atoms with Crippen molar-refractivity contribution in [3.8, 4) is 0 Å². The second-order valence-corrected chi connectivity index (χ2v) is 4.38. The Labute approximate surface area is 94.9 Å². The molecule has 1 heterocycles. The van der Waals surface area contributed by atoms with Gasteiger partial charge in [-0.05, 0) is 19.8 Å². The Morgan fingerprint density at radius 1 is 1.44 bits per heavy atom. The van der Waals surface area contributed by atoms with Crippen molar-refractivity contribution >= 4 is 11.8 Å². The summed E-state index contributed by atoms with van der Waals surface area (Å²) in [6, 6.07) is 0. The van der Waals surface area contributed by atoms with Gasteiger partial charge in [0.2, 0.25) is 11.8 Å². The lowest BCUT2D eigenvalue weighted by Gasteiger charge is -2.20. The number of likely N-dealkylation sites (tertiary alicyclic amines) is 1. The molecule has 5 heteroatoms. The second kappa shape index (κ2) is 4.51. The standard InChI is InChI=1S/C11H18N2O3/c1-2-16-7(6-12)3-4-13-10(14)8-5-9(8)11(13)15/h7-9H,2-6,12H2,1H3. The third-order valence-corrected chi connectivity index (χ3v) is 3.30. The van der Waals surface area contributed by atoms with E-state index in [1.165, 1.54) is 4.90 Å². The summed E-state index contributed by atoms with van der Waals surface area (Å²) in [5.74, 6) is -0.00335. The van der Waals surface area contributed by atoms with Gasteiger partial charge in [0.15, 0.2) is 0 Å². The highest BCUT2D eigenvalue weighted by atomic mass is 16.5. The summed E-state index contributed by atoms with van der Waals surface area (Å²) >= 11 is 0. The first kappa shape index (κ1) is 11.5. The quantitative estimate of drug-likeness (QED) is 0.634. The normalized spacial score (nSPS) is 29.5. The van der Waals surface area contributed by atoms with E-state index in [9.17, 15) is 9.59 Å². The third kappa shape index (κ3) is 1.97. The predicted octanol–water partition coefficient (Wildman–Crippen LogP) is -0.255. The maximum Gasteiger partial charge on any atom is 0.233 e. The van der Waals surface area contributed by atoms with Crippen LogP contribution in [-0.4, -0.2) is 42.5 Å². The Morgan fingerprint density at radius 3 is 2.56 bits per heavy atom. The van der Waals surface area contributed by atoms with Gasteiger partial charge in [0.05, 0.1) is 17.9 Å². The first-order valence-electron chi connectivity index (χ1n) is 5.86. The molecule has 0 aromatic carbocycles. The van der Waals surface area contributed by atoms with Crippen molar-refractivity contribution in [2.75, 3.05) is 19.7 Å². The van der Waals surface area contributed by atoms with Crippen molar-refractivity contribution < 1.29 is 14.3 Å². The molecule has 1 aliphatic carbocycles. The molecular weight excluding hydrogens is 208 g/mol. The molecule has 2 amide bonds. The average Bonchev–Trinajstić information content (AvgIpc) is 3.02. The van der Waals surface area contributed by atoms with Crippen LogP contribution >= 0.6 is 0 Å². The monoisotopic (exact) mass is 226 g/mol. The summed E-state index contributed by atoms with van der Waals surface area (Å²) in [6.07, 6.45) is 1.35. The maximum atomic E-state index is 11.6. The number of hydrogen-bond donors (Lipinski definition) is 1. The van der Waals surface area contributed by atoms with Crippen molar-refractivity contribution in [2.24, 2.45) is 17.6 Å². The molecule has 5 nitrogen and oxygen atoms in total. The average molecular weight is 226 g/mol. The number of piperidine rings is 1. The Hall–Kier alpha value is -0.940. The molecule has 1 saturated carbocycles. The number of rotatable bonds is 6. The lowest BCUT2D eigenvalue weighted by atomic mass is 10.2. The van der Waals surface area contributed by atoms with Crippen molar-refractivity contribution in [3.05, 3.63) is 0 Å². The molecule has 2 fully saturated rings. The zero-order valence-corrected chi connectivity index (χ0v) is 9.52. The summed E-state index contributed by atoms with van der Waals surface area (Å²) in [6.45, 7) is 3.39. The highest BCUT2D eigenvalue weighted by molar-refractivity contribution is 6.08. The molecular formula is C11H18N2O3. The molecule has 3 atom stereocenters. The molecule has 0 aromatic heterocycles. The molecule has 0 aromatic rings. The summed E-state index contributed by atoms with van der Waals surface area (Å²) in [7, 11) is 0. The van der Waals surface area contributed by atoms with E-state index < -0.39 is 0 Å². The van der Waals surface area contributed by atoms with Crippen molar-refractivity contribution in [3.63, 3.8) is 0 Å². The van der Waals surface area contributed by atoms with Crippen molar-refractivity contribution in [1.82, 2.24) is 4.90 Å². The van der Waals surface area contributed by atoms with Gasteiger partial charge < -0.3 is 10.5 Å². The molecule has 1 aliphatic heterocycles. The lowest BCUT2D eigenvalue weighted by molar-refractivity contribution is -0.141. The molecule has 0 spiro atoms. The summed E-state index contributed by atoms with van der Waals surface area (Å²) < 4.78 is 5.39. The van der Waals surface area contributed by atoms with Gasteiger partial charge in [-0.15, -0.1) is 0 Å². The summed E-state index contributed by atoms with van der Waals surface area (Å²) in [5.41, 5.74) is 5.54. The highest BCUT2D eigenvalue weighted by Gasteiger charge is 2.58. The fraction of sp³-hybridized carbons (Fsp3) is 0.818. The van der Waals surface area contributed by atoms with Gasteiger partial charge >= 0.3 is 0 Å². The molecule has 0 radical (unpaired) electrons. The highest BCUT2D eigenvalue weighted by Crippen LogP contribution is 2.46. The van der Waals surface area contributed by atoms with Gasteiger partial charge in [0.1, 0.15) is 0 Å². The van der Waals surface area contributed by atoms with Crippen LogP contribution in [0.4, 0.5) is 0 Å². The van der Waals surface area contributed by atoms with E-state index in [1.54, 1.807) is 0 Å². The third-order valence-electron chi connectivity index (χ3n) is 3.30. The number of hydrogen-bond acceptors (Lipinski definition) is 4. The molecule has 90 valence electrons. The molecule has 2 N–H and O–H groups in total. The first-order chi connectivity index (χ1) is 7.69. The van der Waals surface area contributed by atoms with Crippen LogP contribution in [-0.2, 0) is 14.3 Å². The fourth-order valence-electron chi connectivity index (χ4n) is 2.25. The van der Waals surface area contributed by atoms with Crippen LogP contribution in [0.1, 0.15) is 19.8 Å². The minimum absolute atomic E-state index is 0.00210. The van der Waals surface area contributed by atoms with Gasteiger partial charge in [-0.3, -0.25) is 14.5 Å². The fourth-order valence-corrected chi connectivity index (χ4v) is 2.25. The van der Waals surface area contributed by atoms with Gasteiger partial charge in [0, 0.05) is 19.7 Å². The van der Waals surface area contributed by atoms with Crippen LogP contribution in [0.15, 0.2) is 0 Å². The molecule has 2 rings (SSSR count). The molecule has 0 bridgehead atoms. The van der Waals surface area contributed by atoms with Crippen LogP contribution in [0.25, 0.3) is 0 Å². The molecule has 16 heavy (non-hydrogen) atoms. The largest absolute Gasteiger partial charge is 0.377 e. The summed E-state index contributed by atoms with van der Waals surface area (Å²) in [5, 5.41) is 0. The Morgan fingerprint density at radius 2 is 2.06 bits per heavy atom. The Bertz CT molecular complexity index is 286. The van der Waals surface area contributed by atoms with Crippen molar-refractivity contribution in [1.29, 1.82) is 0 Å².